The predicted octanol–water partition coefficient (Wildman–Crippen LogP) is 7.90. The molecule has 0 aliphatic carbocycles. The number of aliphatic hydroxyl groups excluding tert-OH is 1. The molecule has 166 valence electrons. The summed E-state index contributed by atoms with van der Waals surface area (Å²) in [5.41, 5.74) is 1.35. The number of carbonyl (C=O) groups is 1. The van der Waals surface area contributed by atoms with Crippen LogP contribution >= 0.6 is 0 Å². The number of hydrogen-bond acceptors (Lipinski definition) is 2. The van der Waals surface area contributed by atoms with Gasteiger partial charge in [0.15, 0.2) is 5.78 Å². The molecule has 0 radical (unpaired) electrons. The Balaban J connectivity index is 1.80. The van der Waals surface area contributed by atoms with Gasteiger partial charge in [-0.05, 0) is 44.2 Å². The fraction of sp³-hybridized carbons (Fsp3) is 0.731. The van der Waals surface area contributed by atoms with Crippen molar-refractivity contribution in [3.8, 4) is 0 Å². The maximum atomic E-state index is 12.0. The number of unbranched alkanes of at least 4 members (excludes halogenated alkanes) is 14. The number of ketones is 1. The summed E-state index contributed by atoms with van der Waals surface area (Å²) in [4.78, 5) is 15.0. The molecule has 0 unspecified atom stereocenters. The van der Waals surface area contributed by atoms with Crippen LogP contribution in [0.2, 0.25) is 0 Å². The maximum absolute atomic E-state index is 12.0. The highest BCUT2D eigenvalue weighted by Gasteiger charge is 2.07. The molecule has 1 aromatic rings. The number of rotatable bonds is 20. The summed E-state index contributed by atoms with van der Waals surface area (Å²) in [6.45, 7) is 2.23. The predicted molar refractivity (Wildman–Crippen MR) is 124 cm³/mol. The Kier molecular flexibility index (Phi) is 16.5. The van der Waals surface area contributed by atoms with E-state index in [1.54, 1.807) is 12.1 Å². The molecule has 0 saturated heterocycles. The van der Waals surface area contributed by atoms with Crippen molar-refractivity contribution in [2.24, 2.45) is 0 Å². The van der Waals surface area contributed by atoms with Crippen LogP contribution in [0.25, 0.3) is 0 Å². The van der Waals surface area contributed by atoms with Crippen molar-refractivity contribution < 1.29 is 9.90 Å². The number of aromatic amines is 1. The molecular formula is C26H45NO2. The van der Waals surface area contributed by atoms with Crippen molar-refractivity contribution in [3.63, 3.8) is 0 Å². The Morgan fingerprint density at radius 3 is 1.83 bits per heavy atom. The standard InChI is InChI=1S/C26H45NO2/c1-2-3-4-5-6-7-8-9-10-11-12-13-14-15-16-17-18-19-20-26(29)25-22-21-24(23-28)27-25/h7-8,21-22,27-28H,2-6,9-20,23H2,1H3. The Morgan fingerprint density at radius 1 is 0.793 bits per heavy atom. The van der Waals surface area contributed by atoms with Crippen LogP contribution in [-0.4, -0.2) is 15.9 Å². The van der Waals surface area contributed by atoms with Gasteiger partial charge in [-0.1, -0.05) is 89.7 Å². The van der Waals surface area contributed by atoms with E-state index >= 15 is 0 Å². The summed E-state index contributed by atoms with van der Waals surface area (Å²) in [5.74, 6) is 0.163. The van der Waals surface area contributed by atoms with Crippen LogP contribution in [0.1, 0.15) is 132 Å². The highest BCUT2D eigenvalue weighted by molar-refractivity contribution is 5.94. The molecule has 29 heavy (non-hydrogen) atoms. The number of carbonyl (C=O) groups excluding carboxylic acids is 1. The molecule has 0 aliphatic heterocycles. The minimum Gasteiger partial charge on any atom is -0.390 e. The fourth-order valence-corrected chi connectivity index (χ4v) is 3.72. The van der Waals surface area contributed by atoms with Crippen LogP contribution in [0, 0.1) is 0 Å². The zero-order valence-corrected chi connectivity index (χ0v) is 18.9. The molecule has 0 atom stereocenters. The molecule has 1 rings (SSSR count). The van der Waals surface area contributed by atoms with Gasteiger partial charge < -0.3 is 10.1 Å². The molecule has 0 spiro atoms. The van der Waals surface area contributed by atoms with E-state index in [-0.39, 0.29) is 12.4 Å². The maximum Gasteiger partial charge on any atom is 0.179 e. The van der Waals surface area contributed by atoms with Crippen LogP contribution in [0.4, 0.5) is 0 Å². The molecule has 3 heteroatoms. The number of allylic oxidation sites excluding steroid dienone is 2. The Bertz CT molecular complexity index is 533. The topological polar surface area (TPSA) is 53.1 Å². The molecule has 0 aliphatic rings. The first kappa shape index (κ1) is 25.7. The van der Waals surface area contributed by atoms with Gasteiger partial charge in [-0.2, -0.15) is 0 Å². The van der Waals surface area contributed by atoms with Crippen LogP contribution in [-0.2, 0) is 6.61 Å². The van der Waals surface area contributed by atoms with Gasteiger partial charge in [0.25, 0.3) is 0 Å². The Labute approximate surface area is 179 Å². The average molecular weight is 404 g/mol. The second-order valence-electron chi connectivity index (χ2n) is 8.37. The van der Waals surface area contributed by atoms with E-state index in [9.17, 15) is 4.79 Å². The minimum atomic E-state index is -0.0382. The molecule has 0 amide bonds. The quantitative estimate of drug-likeness (QED) is 0.132. The zero-order valence-electron chi connectivity index (χ0n) is 18.9. The van der Waals surface area contributed by atoms with Crippen molar-refractivity contribution >= 4 is 5.78 Å². The van der Waals surface area contributed by atoms with Crippen molar-refractivity contribution in [1.82, 2.24) is 4.98 Å². The van der Waals surface area contributed by atoms with Gasteiger partial charge in [-0.15, -0.1) is 0 Å². The Hall–Kier alpha value is -1.35. The van der Waals surface area contributed by atoms with Gasteiger partial charge in [0.2, 0.25) is 0 Å². The third-order valence-corrected chi connectivity index (χ3v) is 5.63. The first-order valence-corrected chi connectivity index (χ1v) is 12.2. The lowest BCUT2D eigenvalue weighted by Gasteiger charge is -2.02. The summed E-state index contributed by atoms with van der Waals surface area (Å²) < 4.78 is 0. The van der Waals surface area contributed by atoms with Crippen molar-refractivity contribution in [1.29, 1.82) is 0 Å². The number of aromatic nitrogens is 1. The zero-order chi connectivity index (χ0) is 21.0. The largest absolute Gasteiger partial charge is 0.390 e. The lowest BCUT2D eigenvalue weighted by molar-refractivity contribution is 0.0974. The SMILES string of the molecule is CCCCCCC=CCCCCCCCCCCCCC(=O)c1ccc(CO)[nH]1. The number of hydrogen-bond donors (Lipinski definition) is 2. The molecular weight excluding hydrogens is 358 g/mol. The first-order chi connectivity index (χ1) is 14.3. The summed E-state index contributed by atoms with van der Waals surface area (Å²) in [6.07, 6.45) is 26.2. The van der Waals surface area contributed by atoms with E-state index in [4.69, 9.17) is 5.11 Å². The second kappa shape index (κ2) is 18.7. The lowest BCUT2D eigenvalue weighted by atomic mass is 10.0. The molecule has 0 aromatic carbocycles. The van der Waals surface area contributed by atoms with Crippen LogP contribution < -0.4 is 0 Å². The molecule has 1 aromatic heterocycles. The molecule has 3 nitrogen and oxygen atoms in total. The highest BCUT2D eigenvalue weighted by atomic mass is 16.3. The van der Waals surface area contributed by atoms with E-state index in [2.05, 4.69) is 24.1 Å². The monoisotopic (exact) mass is 403 g/mol. The van der Waals surface area contributed by atoms with Crippen molar-refractivity contribution in [2.75, 3.05) is 0 Å². The molecule has 0 saturated carbocycles. The van der Waals surface area contributed by atoms with Gasteiger partial charge >= 0.3 is 0 Å². The van der Waals surface area contributed by atoms with Crippen LogP contribution in [0.15, 0.2) is 24.3 Å². The first-order valence-electron chi connectivity index (χ1n) is 12.2. The third kappa shape index (κ3) is 14.3. The van der Waals surface area contributed by atoms with Gasteiger partial charge in [-0.3, -0.25) is 4.79 Å². The second-order valence-corrected chi connectivity index (χ2v) is 8.37. The van der Waals surface area contributed by atoms with Crippen LogP contribution in [0.3, 0.4) is 0 Å². The lowest BCUT2D eigenvalue weighted by Crippen LogP contribution is -1.99. The Morgan fingerprint density at radius 2 is 1.31 bits per heavy atom. The summed E-state index contributed by atoms with van der Waals surface area (Å²) in [6, 6.07) is 3.55. The van der Waals surface area contributed by atoms with E-state index in [0.29, 0.717) is 17.8 Å². The van der Waals surface area contributed by atoms with Crippen molar-refractivity contribution in [2.45, 2.75) is 123 Å². The number of nitrogens with one attached hydrogen (secondary N) is 1. The molecule has 2 N–H and O–H groups in total. The summed E-state index contributed by atoms with van der Waals surface area (Å²) in [7, 11) is 0. The summed E-state index contributed by atoms with van der Waals surface area (Å²) in [5, 5.41) is 9.03. The normalized spacial score (nSPS) is 11.5. The minimum absolute atomic E-state index is 0.0382. The van der Waals surface area contributed by atoms with E-state index in [0.717, 1.165) is 12.8 Å². The molecule has 0 fully saturated rings. The number of H-pyrrole nitrogens is 1. The molecule has 0 bridgehead atoms. The van der Waals surface area contributed by atoms with E-state index in [1.165, 1.54) is 89.9 Å². The fourth-order valence-electron chi connectivity index (χ4n) is 3.72. The number of Topliss-reactive ketones (excluding diaryl/α,β-unsaturated/α-hetero) is 1. The van der Waals surface area contributed by atoms with Gasteiger partial charge in [-0.25, -0.2) is 0 Å². The average Bonchev–Trinajstić information content (AvgIpc) is 3.22. The summed E-state index contributed by atoms with van der Waals surface area (Å²) >= 11 is 0. The third-order valence-electron chi connectivity index (χ3n) is 5.63. The van der Waals surface area contributed by atoms with Crippen molar-refractivity contribution in [3.05, 3.63) is 35.7 Å². The van der Waals surface area contributed by atoms with E-state index < -0.39 is 0 Å². The van der Waals surface area contributed by atoms with Gasteiger partial charge in [0.05, 0.1) is 12.3 Å². The highest BCUT2D eigenvalue weighted by Crippen LogP contribution is 2.14. The van der Waals surface area contributed by atoms with Crippen LogP contribution in [0.5, 0.6) is 0 Å². The van der Waals surface area contributed by atoms with Gasteiger partial charge in [0.1, 0.15) is 0 Å². The van der Waals surface area contributed by atoms with E-state index in [1.807, 2.05) is 0 Å². The molecule has 1 heterocycles. The smallest absolute Gasteiger partial charge is 0.179 e. The van der Waals surface area contributed by atoms with Gasteiger partial charge in [0, 0.05) is 12.1 Å². The number of aliphatic hydroxyl groups is 1.